The molecule has 9 heteroatoms. The van der Waals surface area contributed by atoms with Gasteiger partial charge in [0.25, 0.3) is 0 Å². The quantitative estimate of drug-likeness (QED) is 0.317. The Morgan fingerprint density at radius 2 is 1.35 bits per heavy atom. The minimum absolute atomic E-state index is 0.260. The van der Waals surface area contributed by atoms with Gasteiger partial charge in [0.05, 0.1) is 19.3 Å². The first-order valence-corrected chi connectivity index (χ1v) is 18.7. The molecule has 188 valence electrons. The van der Waals surface area contributed by atoms with Crippen molar-refractivity contribution in [2.24, 2.45) is 17.8 Å². The number of hydrogen-bond acceptors (Lipinski definition) is 6. The molecule has 1 heterocycles. The van der Waals surface area contributed by atoms with Crippen LogP contribution in [-0.2, 0) is 27.3 Å². The molecule has 2 atom stereocenters. The second-order valence-electron chi connectivity index (χ2n) is 10.4. The highest BCUT2D eigenvalue weighted by Crippen LogP contribution is 2.53. The summed E-state index contributed by atoms with van der Waals surface area (Å²) in [7, 11) is -6.60. The number of rotatable bonds is 8. The molecule has 0 spiro atoms. The number of hydrogen-bond donors (Lipinski definition) is 0. The largest absolute Gasteiger partial charge is 0.329 e. The Labute approximate surface area is 192 Å². The highest BCUT2D eigenvalue weighted by molar-refractivity contribution is 7.59. The molecule has 1 saturated carbocycles. The molecule has 0 aromatic carbocycles. The normalized spacial score (nSPS) is 23.3. The fourth-order valence-corrected chi connectivity index (χ4v) is 7.24. The SMILES string of the molecule is CC(C)COP(C)(C)=O.CC(C)COP1(=O)CCCC1.CC1CCCC1OP(C)(C)=O. The molecule has 1 saturated heterocycles. The van der Waals surface area contributed by atoms with E-state index in [4.69, 9.17) is 13.6 Å². The second kappa shape index (κ2) is 14.7. The van der Waals surface area contributed by atoms with Crippen LogP contribution in [0.3, 0.4) is 0 Å². The Hall–Kier alpha value is 0.570. The average Bonchev–Trinajstić information content (AvgIpc) is 3.20. The van der Waals surface area contributed by atoms with Gasteiger partial charge in [-0.15, -0.1) is 0 Å². The Bertz CT molecular complexity index is 613. The van der Waals surface area contributed by atoms with Crippen molar-refractivity contribution in [1.29, 1.82) is 0 Å². The molecule has 31 heavy (non-hydrogen) atoms. The van der Waals surface area contributed by atoms with Crippen molar-refractivity contribution in [2.45, 2.75) is 72.8 Å². The average molecular weight is 503 g/mol. The second-order valence-corrected chi connectivity index (χ2v) is 18.7. The zero-order valence-electron chi connectivity index (χ0n) is 21.5. The van der Waals surface area contributed by atoms with Crippen molar-refractivity contribution in [3.63, 3.8) is 0 Å². The summed E-state index contributed by atoms with van der Waals surface area (Å²) in [4.78, 5) is 0. The van der Waals surface area contributed by atoms with Gasteiger partial charge in [0.15, 0.2) is 14.7 Å². The smallest absolute Gasteiger partial charge is 0.203 e. The topological polar surface area (TPSA) is 78.9 Å². The molecule has 0 amide bonds. The summed E-state index contributed by atoms with van der Waals surface area (Å²) < 4.78 is 49.8. The highest BCUT2D eigenvalue weighted by Gasteiger charge is 2.28. The maximum Gasteiger partial charge on any atom is 0.203 e. The van der Waals surface area contributed by atoms with Gasteiger partial charge in [-0.05, 0) is 43.4 Å². The zero-order chi connectivity index (χ0) is 24.3. The van der Waals surface area contributed by atoms with Crippen LogP contribution in [0.1, 0.15) is 66.7 Å². The lowest BCUT2D eigenvalue weighted by Gasteiger charge is -2.18. The lowest BCUT2D eigenvalue weighted by molar-refractivity contribution is 0.174. The molecule has 6 nitrogen and oxygen atoms in total. The van der Waals surface area contributed by atoms with Crippen LogP contribution in [0.4, 0.5) is 0 Å². The van der Waals surface area contributed by atoms with Crippen LogP contribution >= 0.6 is 22.1 Å². The minimum atomic E-state index is -2.25. The molecule has 0 radical (unpaired) electrons. The monoisotopic (exact) mass is 502 g/mol. The van der Waals surface area contributed by atoms with Crippen LogP contribution < -0.4 is 0 Å². The van der Waals surface area contributed by atoms with Crippen molar-refractivity contribution in [3.05, 3.63) is 0 Å². The summed E-state index contributed by atoms with van der Waals surface area (Å²) in [6.45, 7) is 18.3. The molecule has 0 bridgehead atoms. The van der Waals surface area contributed by atoms with E-state index in [2.05, 4.69) is 20.8 Å². The Morgan fingerprint density at radius 3 is 1.68 bits per heavy atom. The van der Waals surface area contributed by atoms with Gasteiger partial charge in [-0.2, -0.15) is 0 Å². The van der Waals surface area contributed by atoms with Gasteiger partial charge in [0.2, 0.25) is 7.37 Å². The minimum Gasteiger partial charge on any atom is -0.329 e. The standard InChI is InChI=1S/2C8H17O2P.C6H15O2P/c1-7-5-4-6-8(7)10-11(2,3)9;1-8(2)7-10-11(9)5-3-4-6-11;1-6(2)5-8-9(3,4)7/h7-8H,4-6H2,1-3H3;8H,3-7H2,1-2H3;6H,5H2,1-4H3. The predicted molar refractivity (Wildman–Crippen MR) is 135 cm³/mol. The summed E-state index contributed by atoms with van der Waals surface area (Å²) in [5.41, 5.74) is 0. The molecule has 1 aliphatic carbocycles. The third kappa shape index (κ3) is 18.7. The molecule has 0 aromatic heterocycles. The van der Waals surface area contributed by atoms with Gasteiger partial charge in [-0.1, -0.05) is 41.0 Å². The van der Waals surface area contributed by atoms with Gasteiger partial charge in [0, 0.05) is 39.0 Å². The van der Waals surface area contributed by atoms with Gasteiger partial charge >= 0.3 is 0 Å². The van der Waals surface area contributed by atoms with Gasteiger partial charge in [-0.25, -0.2) is 0 Å². The molecular weight excluding hydrogens is 453 g/mol. The fourth-order valence-electron chi connectivity index (χ4n) is 3.15. The van der Waals surface area contributed by atoms with E-state index in [1.54, 1.807) is 26.7 Å². The Balaban J connectivity index is 0.000000439. The van der Waals surface area contributed by atoms with E-state index in [1.807, 2.05) is 13.8 Å². The molecule has 0 aromatic rings. The first kappa shape index (κ1) is 31.6. The van der Waals surface area contributed by atoms with E-state index >= 15 is 0 Å². The molecule has 0 N–H and O–H groups in total. The molecule has 2 rings (SSSR count). The van der Waals surface area contributed by atoms with Gasteiger partial charge < -0.3 is 13.6 Å². The maximum atomic E-state index is 11.7. The van der Waals surface area contributed by atoms with Crippen LogP contribution in [0.15, 0.2) is 0 Å². The summed E-state index contributed by atoms with van der Waals surface area (Å²) in [6.07, 6.45) is 7.63. The first-order chi connectivity index (χ1) is 14.0. The lowest BCUT2D eigenvalue weighted by Crippen LogP contribution is -2.13. The predicted octanol–water partition coefficient (Wildman–Crippen LogP) is 7.66. The van der Waals surface area contributed by atoms with E-state index in [1.165, 1.54) is 12.8 Å². The summed E-state index contributed by atoms with van der Waals surface area (Å²) >= 11 is 0. The molecular formula is C22H49O6P3. The van der Waals surface area contributed by atoms with Crippen molar-refractivity contribution in [2.75, 3.05) is 52.2 Å². The lowest BCUT2D eigenvalue weighted by atomic mass is 10.1. The summed E-state index contributed by atoms with van der Waals surface area (Å²) in [5, 5.41) is 0. The van der Waals surface area contributed by atoms with E-state index in [0.717, 1.165) is 31.6 Å². The third-order valence-corrected chi connectivity index (χ3v) is 8.95. The van der Waals surface area contributed by atoms with Crippen LogP contribution in [0.25, 0.3) is 0 Å². The van der Waals surface area contributed by atoms with Crippen molar-refractivity contribution < 1.29 is 27.3 Å². The van der Waals surface area contributed by atoms with Crippen LogP contribution in [0.5, 0.6) is 0 Å². The van der Waals surface area contributed by atoms with Gasteiger partial charge in [-0.3, -0.25) is 13.7 Å². The van der Waals surface area contributed by atoms with E-state index in [-0.39, 0.29) is 6.10 Å². The van der Waals surface area contributed by atoms with Crippen LogP contribution in [-0.4, -0.2) is 58.3 Å². The molecule has 2 aliphatic rings. The van der Waals surface area contributed by atoms with Crippen molar-refractivity contribution in [1.82, 2.24) is 0 Å². The first-order valence-electron chi connectivity index (χ1n) is 11.7. The van der Waals surface area contributed by atoms with Crippen molar-refractivity contribution >= 4 is 22.1 Å². The third-order valence-electron chi connectivity index (χ3n) is 4.78. The fraction of sp³-hybridized carbons (Fsp3) is 1.00. The molecule has 1 aliphatic heterocycles. The van der Waals surface area contributed by atoms with Crippen LogP contribution in [0.2, 0.25) is 0 Å². The van der Waals surface area contributed by atoms with E-state index < -0.39 is 22.1 Å². The van der Waals surface area contributed by atoms with E-state index in [0.29, 0.717) is 31.0 Å². The van der Waals surface area contributed by atoms with E-state index in [9.17, 15) is 13.7 Å². The van der Waals surface area contributed by atoms with Crippen molar-refractivity contribution in [3.8, 4) is 0 Å². The Morgan fingerprint density at radius 1 is 0.839 bits per heavy atom. The summed E-state index contributed by atoms with van der Waals surface area (Å²) in [5.74, 6) is 1.57. The van der Waals surface area contributed by atoms with Gasteiger partial charge in [0.1, 0.15) is 0 Å². The molecule has 2 unspecified atom stereocenters. The molecule has 2 fully saturated rings. The Kier molecular flexibility index (Phi) is 15.0. The highest BCUT2D eigenvalue weighted by atomic mass is 31.2. The maximum absolute atomic E-state index is 11.7. The zero-order valence-corrected chi connectivity index (χ0v) is 24.1. The van der Waals surface area contributed by atoms with Crippen LogP contribution in [0, 0.1) is 17.8 Å². The summed E-state index contributed by atoms with van der Waals surface area (Å²) in [6, 6.07) is 0.